The third kappa shape index (κ3) is 4.56. The summed E-state index contributed by atoms with van der Waals surface area (Å²) >= 11 is 2.45. The van der Waals surface area contributed by atoms with E-state index in [2.05, 4.69) is 10.3 Å². The van der Waals surface area contributed by atoms with Gasteiger partial charge in [0.15, 0.2) is 5.16 Å². The zero-order chi connectivity index (χ0) is 20.3. The van der Waals surface area contributed by atoms with Gasteiger partial charge in [0.1, 0.15) is 4.70 Å². The first kappa shape index (κ1) is 20.4. The van der Waals surface area contributed by atoms with Crippen molar-refractivity contribution in [2.24, 2.45) is 0 Å². The van der Waals surface area contributed by atoms with Crippen LogP contribution in [-0.4, -0.2) is 21.2 Å². The van der Waals surface area contributed by atoms with Crippen LogP contribution in [0.1, 0.15) is 18.9 Å². The third-order valence-electron chi connectivity index (χ3n) is 3.81. The maximum atomic E-state index is 12.6. The first-order chi connectivity index (χ1) is 13.3. The molecule has 28 heavy (non-hydrogen) atoms. The quantitative estimate of drug-likeness (QED) is 0.461. The Kier molecular flexibility index (Phi) is 6.09. The molecule has 0 aliphatic heterocycles. The highest BCUT2D eigenvalue weighted by Crippen LogP contribution is 2.30. The van der Waals surface area contributed by atoms with E-state index in [1.54, 1.807) is 16.0 Å². The van der Waals surface area contributed by atoms with Gasteiger partial charge in [0.25, 0.3) is 5.56 Å². The number of alkyl halides is 3. The molecule has 0 saturated carbocycles. The number of thiophene rings is 1. The van der Waals surface area contributed by atoms with E-state index in [1.807, 2.05) is 6.92 Å². The Morgan fingerprint density at radius 1 is 1.25 bits per heavy atom. The van der Waals surface area contributed by atoms with Crippen LogP contribution in [0.4, 0.5) is 18.9 Å². The molecule has 0 unspecified atom stereocenters. The molecular weight excluding hydrogens is 411 g/mol. The lowest BCUT2D eigenvalue weighted by Crippen LogP contribution is -2.23. The van der Waals surface area contributed by atoms with Gasteiger partial charge >= 0.3 is 6.18 Å². The van der Waals surface area contributed by atoms with Crippen molar-refractivity contribution in [1.29, 1.82) is 0 Å². The average Bonchev–Trinajstić information content (AvgIpc) is 3.11. The molecule has 0 fully saturated rings. The van der Waals surface area contributed by atoms with E-state index in [0.717, 1.165) is 30.3 Å². The number of nitrogens with one attached hydrogen (secondary N) is 1. The molecule has 2 heterocycles. The Hall–Kier alpha value is -2.33. The van der Waals surface area contributed by atoms with Gasteiger partial charge < -0.3 is 5.32 Å². The predicted molar refractivity (Wildman–Crippen MR) is 105 cm³/mol. The van der Waals surface area contributed by atoms with Gasteiger partial charge in [-0.1, -0.05) is 18.7 Å². The standard InChI is InChI=1S/C18H16F3N3O2S2/c1-2-8-24-16(26)15-13(7-9-27-15)23-17(24)28-10-14(25)22-12-5-3-11(4-6-12)18(19,20)21/h3-7,9H,2,8,10H2,1H3,(H,22,25). The van der Waals surface area contributed by atoms with Crippen LogP contribution >= 0.6 is 23.1 Å². The van der Waals surface area contributed by atoms with Crippen LogP contribution in [0.3, 0.4) is 0 Å². The van der Waals surface area contributed by atoms with Crippen LogP contribution in [0, 0.1) is 0 Å². The lowest BCUT2D eigenvalue weighted by molar-refractivity contribution is -0.137. The summed E-state index contributed by atoms with van der Waals surface area (Å²) in [5, 5.41) is 4.79. The van der Waals surface area contributed by atoms with Crippen molar-refractivity contribution in [3.63, 3.8) is 0 Å². The lowest BCUT2D eigenvalue weighted by atomic mass is 10.2. The normalized spacial score (nSPS) is 11.7. The molecule has 3 aromatic rings. The number of hydrogen-bond acceptors (Lipinski definition) is 5. The Balaban J connectivity index is 1.70. The zero-order valence-corrected chi connectivity index (χ0v) is 16.4. The fourth-order valence-electron chi connectivity index (χ4n) is 2.52. The van der Waals surface area contributed by atoms with E-state index in [1.165, 1.54) is 23.5 Å². The first-order valence-electron chi connectivity index (χ1n) is 8.37. The van der Waals surface area contributed by atoms with Crippen LogP contribution in [-0.2, 0) is 17.5 Å². The molecule has 1 N–H and O–H groups in total. The Bertz CT molecular complexity index is 1040. The third-order valence-corrected chi connectivity index (χ3v) is 5.67. The van der Waals surface area contributed by atoms with E-state index in [9.17, 15) is 22.8 Å². The van der Waals surface area contributed by atoms with Crippen molar-refractivity contribution in [2.75, 3.05) is 11.1 Å². The minimum absolute atomic E-state index is 0.0210. The number of carbonyl (C=O) groups is 1. The van der Waals surface area contributed by atoms with Crippen LogP contribution in [0.5, 0.6) is 0 Å². The van der Waals surface area contributed by atoms with Crippen molar-refractivity contribution < 1.29 is 18.0 Å². The minimum atomic E-state index is -4.42. The number of fused-ring (bicyclic) bond motifs is 1. The molecule has 0 radical (unpaired) electrons. The number of thioether (sulfide) groups is 1. The maximum absolute atomic E-state index is 12.6. The molecule has 0 aliphatic rings. The molecule has 2 aromatic heterocycles. The molecule has 3 rings (SSSR count). The molecule has 10 heteroatoms. The van der Waals surface area contributed by atoms with Crippen molar-refractivity contribution in [3.05, 3.63) is 51.6 Å². The molecule has 0 saturated heterocycles. The monoisotopic (exact) mass is 427 g/mol. The van der Waals surface area contributed by atoms with Gasteiger partial charge in [-0.05, 0) is 42.1 Å². The largest absolute Gasteiger partial charge is 0.416 e. The number of halogens is 3. The molecule has 0 spiro atoms. The van der Waals surface area contributed by atoms with Crippen LogP contribution in [0.25, 0.3) is 10.2 Å². The van der Waals surface area contributed by atoms with Gasteiger partial charge in [-0.3, -0.25) is 14.2 Å². The van der Waals surface area contributed by atoms with Crippen LogP contribution < -0.4 is 10.9 Å². The molecule has 0 atom stereocenters. The maximum Gasteiger partial charge on any atom is 0.416 e. The fourth-order valence-corrected chi connectivity index (χ4v) is 4.13. The number of aromatic nitrogens is 2. The minimum Gasteiger partial charge on any atom is -0.325 e. The summed E-state index contributed by atoms with van der Waals surface area (Å²) in [5.74, 6) is -0.417. The summed E-state index contributed by atoms with van der Waals surface area (Å²) in [6, 6.07) is 5.98. The SMILES string of the molecule is CCCn1c(SCC(=O)Nc2ccc(C(F)(F)F)cc2)nc2ccsc2c1=O. The summed E-state index contributed by atoms with van der Waals surface area (Å²) in [4.78, 5) is 29.2. The van der Waals surface area contributed by atoms with Crippen molar-refractivity contribution >= 4 is 44.9 Å². The second-order valence-electron chi connectivity index (χ2n) is 5.90. The summed E-state index contributed by atoms with van der Waals surface area (Å²) in [6.07, 6.45) is -3.68. The second-order valence-corrected chi connectivity index (χ2v) is 7.76. The number of benzene rings is 1. The van der Waals surface area contributed by atoms with E-state index in [-0.39, 0.29) is 17.0 Å². The molecule has 0 aliphatic carbocycles. The predicted octanol–water partition coefficient (Wildman–Crippen LogP) is 4.62. The lowest BCUT2D eigenvalue weighted by Gasteiger charge is -2.11. The highest BCUT2D eigenvalue weighted by molar-refractivity contribution is 7.99. The van der Waals surface area contributed by atoms with Crippen LogP contribution in [0.15, 0.2) is 45.7 Å². The topological polar surface area (TPSA) is 64.0 Å². The van der Waals surface area contributed by atoms with Gasteiger partial charge in [-0.2, -0.15) is 13.2 Å². The second kappa shape index (κ2) is 8.36. The average molecular weight is 427 g/mol. The van der Waals surface area contributed by atoms with Crippen molar-refractivity contribution in [2.45, 2.75) is 31.2 Å². The summed E-state index contributed by atoms with van der Waals surface area (Å²) < 4.78 is 39.9. The first-order valence-corrected chi connectivity index (χ1v) is 10.2. The number of rotatable bonds is 6. The van der Waals surface area contributed by atoms with Gasteiger partial charge in [-0.25, -0.2) is 4.98 Å². The Labute approximate surface area is 166 Å². The molecular formula is C18H16F3N3O2S2. The van der Waals surface area contributed by atoms with E-state index >= 15 is 0 Å². The highest BCUT2D eigenvalue weighted by Gasteiger charge is 2.30. The summed E-state index contributed by atoms with van der Waals surface area (Å²) in [7, 11) is 0. The zero-order valence-electron chi connectivity index (χ0n) is 14.7. The van der Waals surface area contributed by atoms with Gasteiger partial charge in [0.2, 0.25) is 5.91 Å². The number of hydrogen-bond donors (Lipinski definition) is 1. The molecule has 148 valence electrons. The van der Waals surface area contributed by atoms with Crippen molar-refractivity contribution in [3.8, 4) is 0 Å². The van der Waals surface area contributed by atoms with Gasteiger partial charge in [0.05, 0.1) is 16.8 Å². The highest BCUT2D eigenvalue weighted by atomic mass is 32.2. The van der Waals surface area contributed by atoms with Crippen molar-refractivity contribution in [1.82, 2.24) is 9.55 Å². The van der Waals surface area contributed by atoms with E-state index in [0.29, 0.717) is 21.9 Å². The van der Waals surface area contributed by atoms with E-state index in [4.69, 9.17) is 0 Å². The number of amides is 1. The number of carbonyl (C=O) groups excluding carboxylic acids is 1. The fraction of sp³-hybridized carbons (Fsp3) is 0.278. The van der Waals surface area contributed by atoms with Crippen LogP contribution in [0.2, 0.25) is 0 Å². The number of anilines is 1. The Morgan fingerprint density at radius 3 is 2.61 bits per heavy atom. The summed E-state index contributed by atoms with van der Waals surface area (Å²) in [6.45, 7) is 2.43. The van der Waals surface area contributed by atoms with E-state index < -0.39 is 17.6 Å². The smallest absolute Gasteiger partial charge is 0.325 e. The van der Waals surface area contributed by atoms with Gasteiger partial charge in [0, 0.05) is 12.2 Å². The number of nitrogens with zero attached hydrogens (tertiary/aromatic N) is 2. The molecule has 1 amide bonds. The van der Waals surface area contributed by atoms with Gasteiger partial charge in [-0.15, -0.1) is 11.3 Å². The molecule has 1 aromatic carbocycles. The summed E-state index contributed by atoms with van der Waals surface area (Å²) in [5.41, 5.74) is -0.0528. The molecule has 0 bridgehead atoms. The molecule has 5 nitrogen and oxygen atoms in total. The Morgan fingerprint density at radius 2 is 1.96 bits per heavy atom.